The molecule has 6 nitrogen and oxygen atoms in total. The van der Waals surface area contributed by atoms with E-state index in [9.17, 15) is 10.1 Å². The number of carbonyl (C=O) groups excluding carboxylic acids is 1. The largest absolute Gasteiger partial charge is 0.490 e. The van der Waals surface area contributed by atoms with Gasteiger partial charge in [0.05, 0.1) is 23.1 Å². The Morgan fingerprint density at radius 1 is 1.18 bits per heavy atom. The lowest BCUT2D eigenvalue weighted by Crippen LogP contribution is -2.35. The van der Waals surface area contributed by atoms with Crippen LogP contribution in [0.25, 0.3) is 6.08 Å². The number of carbonyl (C=O) groups is 1. The first-order chi connectivity index (χ1) is 16.2. The van der Waals surface area contributed by atoms with Crippen molar-refractivity contribution in [3.63, 3.8) is 0 Å². The molecular weight excluding hydrogens is 514 g/mol. The molecule has 0 atom stereocenters. The van der Waals surface area contributed by atoms with Gasteiger partial charge in [0.1, 0.15) is 6.61 Å². The van der Waals surface area contributed by atoms with Gasteiger partial charge in [-0.2, -0.15) is 5.26 Å². The van der Waals surface area contributed by atoms with Crippen LogP contribution in [0, 0.1) is 11.3 Å². The summed E-state index contributed by atoms with van der Waals surface area (Å²) in [6, 6.07) is 13.3. The van der Waals surface area contributed by atoms with Crippen LogP contribution < -0.4 is 9.47 Å². The number of rotatable bonds is 8. The van der Waals surface area contributed by atoms with Gasteiger partial charge >= 0.3 is 0 Å². The van der Waals surface area contributed by atoms with Gasteiger partial charge in [0.25, 0.3) is 5.91 Å². The number of ether oxygens (including phenoxy) is 2. The number of benzene rings is 2. The highest BCUT2D eigenvalue weighted by Gasteiger charge is 2.35. The van der Waals surface area contributed by atoms with Crippen LogP contribution in [0.5, 0.6) is 11.5 Å². The number of thioether (sulfide) groups is 1. The van der Waals surface area contributed by atoms with Crippen LogP contribution >= 0.6 is 27.7 Å². The van der Waals surface area contributed by atoms with Gasteiger partial charge in [0.2, 0.25) is 0 Å². The topological polar surface area (TPSA) is 74.9 Å². The monoisotopic (exact) mass is 541 g/mol. The minimum atomic E-state index is -0.0577. The molecule has 3 rings (SSSR count). The van der Waals surface area contributed by atoms with Gasteiger partial charge in [0.15, 0.2) is 16.7 Å². The zero-order valence-electron chi connectivity index (χ0n) is 20.0. The summed E-state index contributed by atoms with van der Waals surface area (Å²) in [5.74, 6) is 1.07. The van der Waals surface area contributed by atoms with E-state index < -0.39 is 0 Å². The number of nitrogens with zero attached hydrogens (tertiary/aromatic N) is 3. The molecule has 0 aliphatic carbocycles. The van der Waals surface area contributed by atoms with Gasteiger partial charge in [-0.05, 0) is 76.2 Å². The molecule has 1 fully saturated rings. The molecule has 0 bridgehead atoms. The van der Waals surface area contributed by atoms with Crippen LogP contribution in [0.3, 0.4) is 0 Å². The molecule has 0 saturated carbocycles. The van der Waals surface area contributed by atoms with Crippen molar-refractivity contribution in [2.24, 2.45) is 4.99 Å². The third-order valence-electron chi connectivity index (χ3n) is 4.89. The molecule has 178 valence electrons. The summed E-state index contributed by atoms with van der Waals surface area (Å²) in [7, 11) is 0. The fraction of sp³-hybridized carbons (Fsp3) is 0.346. The molecule has 0 aromatic heterocycles. The standard InChI is InChI=1S/C26H28BrN3O3S/c1-6-32-22-11-20(12-24-25(31)30(17(4)5)26(34-24)29-16(2)3)21(27)13-23(22)33-15-19-10-8-7-9-18(19)14-28/h7-13,16-17H,6,15H2,1-5H3/b24-12+,29-26?. The molecule has 34 heavy (non-hydrogen) atoms. The number of hydrogen-bond donors (Lipinski definition) is 0. The molecule has 0 radical (unpaired) electrons. The molecule has 1 aliphatic heterocycles. The van der Waals surface area contributed by atoms with Crippen molar-refractivity contribution >= 4 is 44.8 Å². The van der Waals surface area contributed by atoms with Crippen LogP contribution in [-0.4, -0.2) is 34.7 Å². The Morgan fingerprint density at radius 2 is 1.88 bits per heavy atom. The van der Waals surface area contributed by atoms with E-state index >= 15 is 0 Å². The molecule has 8 heteroatoms. The van der Waals surface area contributed by atoms with Crippen molar-refractivity contribution in [1.29, 1.82) is 5.26 Å². The molecule has 2 aromatic rings. The SMILES string of the molecule is CCOc1cc(/C=C2/SC(=NC(C)C)N(C(C)C)C2=O)c(Br)cc1OCc1ccccc1C#N. The van der Waals surface area contributed by atoms with Crippen LogP contribution in [0.15, 0.2) is 50.8 Å². The number of amides is 1. The first kappa shape index (κ1) is 25.9. The maximum absolute atomic E-state index is 13.1. The minimum Gasteiger partial charge on any atom is -0.490 e. The first-order valence-electron chi connectivity index (χ1n) is 11.1. The second kappa shape index (κ2) is 11.6. The van der Waals surface area contributed by atoms with E-state index in [1.807, 2.05) is 71.0 Å². The molecule has 0 unspecified atom stereocenters. The van der Waals surface area contributed by atoms with E-state index in [0.717, 1.165) is 20.8 Å². The Labute approximate surface area is 213 Å². The summed E-state index contributed by atoms with van der Waals surface area (Å²) in [6.45, 7) is 10.6. The maximum atomic E-state index is 13.1. The Kier molecular flexibility index (Phi) is 8.81. The zero-order valence-corrected chi connectivity index (χ0v) is 22.4. The second-order valence-corrected chi connectivity index (χ2v) is 10.1. The Morgan fingerprint density at radius 3 is 2.53 bits per heavy atom. The maximum Gasteiger partial charge on any atom is 0.266 e. The van der Waals surface area contributed by atoms with Gasteiger partial charge in [-0.25, -0.2) is 0 Å². The average Bonchev–Trinajstić information content (AvgIpc) is 3.09. The van der Waals surface area contributed by atoms with Gasteiger partial charge < -0.3 is 9.47 Å². The van der Waals surface area contributed by atoms with E-state index in [-0.39, 0.29) is 24.6 Å². The fourth-order valence-corrected chi connectivity index (χ4v) is 5.01. The third kappa shape index (κ3) is 6.02. The summed E-state index contributed by atoms with van der Waals surface area (Å²) in [4.78, 5) is 20.1. The number of amidine groups is 1. The fourth-order valence-electron chi connectivity index (χ4n) is 3.35. The lowest BCUT2D eigenvalue weighted by Gasteiger charge is -2.20. The zero-order chi connectivity index (χ0) is 24.8. The molecule has 2 aromatic carbocycles. The number of aliphatic imine (C=N–C) groups is 1. The Bertz CT molecular complexity index is 1170. The first-order valence-corrected chi connectivity index (χ1v) is 12.7. The van der Waals surface area contributed by atoms with Gasteiger partial charge in [-0.3, -0.25) is 14.7 Å². The van der Waals surface area contributed by atoms with E-state index in [0.29, 0.717) is 28.6 Å². The minimum absolute atomic E-state index is 0.0119. The Hall–Kier alpha value is -2.76. The van der Waals surface area contributed by atoms with Crippen molar-refractivity contribution in [2.75, 3.05) is 6.61 Å². The molecule has 1 saturated heterocycles. The van der Waals surface area contributed by atoms with Crippen LogP contribution in [0.2, 0.25) is 0 Å². The highest BCUT2D eigenvalue weighted by atomic mass is 79.9. The molecule has 0 N–H and O–H groups in total. The molecule has 1 amide bonds. The van der Waals surface area contributed by atoms with Gasteiger partial charge in [-0.1, -0.05) is 34.1 Å². The van der Waals surface area contributed by atoms with E-state index in [1.165, 1.54) is 11.8 Å². The molecule has 1 aliphatic rings. The van der Waals surface area contributed by atoms with Crippen LogP contribution in [0.4, 0.5) is 0 Å². The lowest BCUT2D eigenvalue weighted by molar-refractivity contribution is -0.123. The number of halogens is 1. The summed E-state index contributed by atoms with van der Waals surface area (Å²) in [5.41, 5.74) is 2.18. The third-order valence-corrected chi connectivity index (χ3v) is 6.58. The van der Waals surface area contributed by atoms with Crippen LogP contribution in [-0.2, 0) is 11.4 Å². The normalized spacial score (nSPS) is 16.1. The lowest BCUT2D eigenvalue weighted by atomic mass is 10.1. The highest BCUT2D eigenvalue weighted by Crippen LogP contribution is 2.39. The van der Waals surface area contributed by atoms with E-state index in [2.05, 4.69) is 27.0 Å². The summed E-state index contributed by atoms with van der Waals surface area (Å²) < 4.78 is 12.6. The molecular formula is C26H28BrN3O3S. The van der Waals surface area contributed by atoms with Crippen molar-refractivity contribution in [1.82, 2.24) is 4.90 Å². The highest BCUT2D eigenvalue weighted by molar-refractivity contribution is 9.10. The molecule has 1 heterocycles. The smallest absolute Gasteiger partial charge is 0.266 e. The number of nitriles is 1. The van der Waals surface area contributed by atoms with Crippen molar-refractivity contribution in [2.45, 2.75) is 53.3 Å². The average molecular weight is 542 g/mol. The Balaban J connectivity index is 1.93. The van der Waals surface area contributed by atoms with Crippen LogP contribution in [0.1, 0.15) is 51.3 Å². The van der Waals surface area contributed by atoms with Crippen molar-refractivity contribution in [3.05, 3.63) is 62.5 Å². The van der Waals surface area contributed by atoms with Gasteiger partial charge in [-0.15, -0.1) is 0 Å². The predicted molar refractivity (Wildman–Crippen MR) is 141 cm³/mol. The predicted octanol–water partition coefficient (Wildman–Crippen LogP) is 6.39. The van der Waals surface area contributed by atoms with Gasteiger partial charge in [0, 0.05) is 22.1 Å². The number of hydrogen-bond acceptors (Lipinski definition) is 6. The summed E-state index contributed by atoms with van der Waals surface area (Å²) in [6.07, 6.45) is 1.85. The second-order valence-electron chi connectivity index (χ2n) is 8.20. The van der Waals surface area contributed by atoms with Crippen molar-refractivity contribution < 1.29 is 14.3 Å². The quantitative estimate of drug-likeness (QED) is 0.362. The summed E-state index contributed by atoms with van der Waals surface area (Å²) >= 11 is 5.00. The van der Waals surface area contributed by atoms with Crippen molar-refractivity contribution in [3.8, 4) is 17.6 Å². The molecule has 0 spiro atoms. The van der Waals surface area contributed by atoms with E-state index in [4.69, 9.17) is 9.47 Å². The summed E-state index contributed by atoms with van der Waals surface area (Å²) in [5, 5.41) is 10.0. The van der Waals surface area contributed by atoms with E-state index in [1.54, 1.807) is 11.0 Å².